The van der Waals surface area contributed by atoms with E-state index in [1.165, 1.54) is 24.4 Å². The van der Waals surface area contributed by atoms with E-state index >= 15 is 0 Å². The molecule has 0 spiro atoms. The molecule has 0 radical (unpaired) electrons. The van der Waals surface area contributed by atoms with Crippen molar-refractivity contribution in [1.82, 2.24) is 20.2 Å². The van der Waals surface area contributed by atoms with E-state index in [0.29, 0.717) is 10.6 Å². The normalized spacial score (nSPS) is 10.8. The molecule has 0 saturated heterocycles. The number of hydrogen-bond acceptors (Lipinski definition) is 7. The van der Waals surface area contributed by atoms with Crippen molar-refractivity contribution in [3.63, 3.8) is 0 Å². The lowest BCUT2D eigenvalue weighted by Crippen LogP contribution is -2.23. The SMILES string of the molecule is O=C(Cn1cnc([N+](=O)[O-])n1)NN=Cc1cc(Cl)ccc1O. The second kappa shape index (κ2) is 6.63. The summed E-state index contributed by atoms with van der Waals surface area (Å²) in [7, 11) is 0. The fourth-order valence-corrected chi connectivity index (χ4v) is 1.61. The van der Waals surface area contributed by atoms with Crippen molar-refractivity contribution in [1.29, 1.82) is 0 Å². The van der Waals surface area contributed by atoms with Crippen molar-refractivity contribution >= 4 is 29.7 Å². The Morgan fingerprint density at radius 2 is 2.36 bits per heavy atom. The average Bonchev–Trinajstić information content (AvgIpc) is 2.91. The van der Waals surface area contributed by atoms with E-state index in [4.69, 9.17) is 11.6 Å². The van der Waals surface area contributed by atoms with Crippen LogP contribution in [0.3, 0.4) is 0 Å². The Labute approximate surface area is 128 Å². The summed E-state index contributed by atoms with van der Waals surface area (Å²) in [4.78, 5) is 24.6. The molecule has 1 aromatic carbocycles. The van der Waals surface area contributed by atoms with Crippen LogP contribution in [0.5, 0.6) is 5.75 Å². The van der Waals surface area contributed by atoms with Crippen LogP contribution in [0.4, 0.5) is 5.95 Å². The minimum atomic E-state index is -0.769. The second-order valence-corrected chi connectivity index (χ2v) is 4.43. The first-order chi connectivity index (χ1) is 10.5. The lowest BCUT2D eigenvalue weighted by molar-refractivity contribution is -0.394. The van der Waals surface area contributed by atoms with Gasteiger partial charge in [0.05, 0.1) is 6.21 Å². The molecule has 11 heteroatoms. The summed E-state index contributed by atoms with van der Waals surface area (Å²) in [6, 6.07) is 4.36. The first-order valence-electron chi connectivity index (χ1n) is 5.80. The van der Waals surface area contributed by atoms with Crippen LogP contribution in [0.2, 0.25) is 5.02 Å². The highest BCUT2D eigenvalue weighted by molar-refractivity contribution is 6.30. The zero-order chi connectivity index (χ0) is 16.1. The summed E-state index contributed by atoms with van der Waals surface area (Å²) in [6.45, 7) is -0.292. The zero-order valence-electron chi connectivity index (χ0n) is 10.9. The number of phenolic OH excluding ortho intramolecular Hbond substituents is 1. The topological polar surface area (TPSA) is 136 Å². The van der Waals surface area contributed by atoms with Crippen LogP contribution < -0.4 is 5.43 Å². The molecule has 0 saturated carbocycles. The molecule has 1 amide bonds. The van der Waals surface area contributed by atoms with Gasteiger partial charge in [-0.2, -0.15) is 9.78 Å². The van der Waals surface area contributed by atoms with Gasteiger partial charge in [-0.25, -0.2) is 5.43 Å². The molecule has 2 N–H and O–H groups in total. The fraction of sp³-hybridized carbons (Fsp3) is 0.0909. The van der Waals surface area contributed by atoms with E-state index in [0.717, 1.165) is 11.0 Å². The lowest BCUT2D eigenvalue weighted by atomic mass is 10.2. The van der Waals surface area contributed by atoms with Crippen molar-refractivity contribution in [3.05, 3.63) is 45.2 Å². The third kappa shape index (κ3) is 3.99. The first-order valence-corrected chi connectivity index (χ1v) is 6.18. The highest BCUT2D eigenvalue weighted by atomic mass is 35.5. The van der Waals surface area contributed by atoms with Crippen molar-refractivity contribution < 1.29 is 14.8 Å². The number of amides is 1. The predicted molar refractivity (Wildman–Crippen MR) is 75.5 cm³/mol. The number of aromatic nitrogens is 3. The number of carbonyl (C=O) groups is 1. The van der Waals surface area contributed by atoms with Crippen LogP contribution in [0.15, 0.2) is 29.6 Å². The number of nitrogens with zero attached hydrogens (tertiary/aromatic N) is 5. The smallest absolute Gasteiger partial charge is 0.490 e. The molecule has 1 aromatic heterocycles. The van der Waals surface area contributed by atoms with Gasteiger partial charge in [0, 0.05) is 15.7 Å². The zero-order valence-corrected chi connectivity index (χ0v) is 11.6. The maximum Gasteiger partial charge on any atom is 0.490 e. The van der Waals surface area contributed by atoms with Gasteiger partial charge in [-0.15, -0.1) is 0 Å². The molecule has 0 aliphatic heterocycles. The molecular formula is C11H9ClN6O4. The number of carbonyl (C=O) groups excluding carboxylic acids is 1. The number of nitro groups is 1. The number of hydrogen-bond donors (Lipinski definition) is 2. The minimum absolute atomic E-state index is 0.0469. The number of hydrazone groups is 1. The van der Waals surface area contributed by atoms with Crippen LogP contribution >= 0.6 is 11.6 Å². The van der Waals surface area contributed by atoms with Crippen molar-refractivity contribution in [2.75, 3.05) is 0 Å². The lowest BCUT2D eigenvalue weighted by Gasteiger charge is -2.00. The number of rotatable bonds is 5. The summed E-state index contributed by atoms with van der Waals surface area (Å²) < 4.78 is 1.000. The third-order valence-corrected chi connectivity index (χ3v) is 2.61. The molecule has 114 valence electrons. The van der Waals surface area contributed by atoms with E-state index < -0.39 is 16.8 Å². The van der Waals surface area contributed by atoms with Crippen LogP contribution in [-0.2, 0) is 11.3 Å². The highest BCUT2D eigenvalue weighted by Gasteiger charge is 2.14. The fourth-order valence-electron chi connectivity index (χ4n) is 1.43. The summed E-state index contributed by atoms with van der Waals surface area (Å²) in [6.07, 6.45) is 2.27. The molecule has 0 fully saturated rings. The third-order valence-electron chi connectivity index (χ3n) is 2.38. The van der Waals surface area contributed by atoms with Gasteiger partial charge in [-0.05, 0) is 23.1 Å². The van der Waals surface area contributed by atoms with Crippen LogP contribution in [0.25, 0.3) is 0 Å². The van der Waals surface area contributed by atoms with Gasteiger partial charge >= 0.3 is 5.95 Å². The first kappa shape index (κ1) is 15.4. The number of phenols is 1. The maximum absolute atomic E-state index is 11.6. The van der Waals surface area contributed by atoms with Gasteiger partial charge in [0.15, 0.2) is 0 Å². The van der Waals surface area contributed by atoms with Gasteiger partial charge in [0.25, 0.3) is 5.91 Å². The molecule has 0 unspecified atom stereocenters. The standard InChI is InChI=1S/C11H9ClN6O4/c12-8-1-2-9(19)7(3-8)4-14-15-10(20)5-17-6-13-11(16-17)18(21)22/h1-4,6,19H,5H2,(H,15,20). The Hall–Kier alpha value is -3.01. The van der Waals surface area contributed by atoms with E-state index in [-0.39, 0.29) is 12.3 Å². The van der Waals surface area contributed by atoms with Crippen LogP contribution in [-0.4, -0.2) is 36.9 Å². The Morgan fingerprint density at radius 3 is 3.05 bits per heavy atom. The van der Waals surface area contributed by atoms with Gasteiger partial charge in [0.1, 0.15) is 12.3 Å². The Kier molecular flexibility index (Phi) is 4.63. The largest absolute Gasteiger partial charge is 0.507 e. The number of aromatic hydroxyl groups is 1. The van der Waals surface area contributed by atoms with Crippen molar-refractivity contribution in [2.45, 2.75) is 6.54 Å². The van der Waals surface area contributed by atoms with Gasteiger partial charge in [-0.1, -0.05) is 16.6 Å². The van der Waals surface area contributed by atoms with Gasteiger partial charge in [0.2, 0.25) is 6.33 Å². The number of benzene rings is 1. The molecule has 10 nitrogen and oxygen atoms in total. The van der Waals surface area contributed by atoms with Gasteiger partial charge in [-0.3, -0.25) is 4.79 Å². The molecular weight excluding hydrogens is 316 g/mol. The van der Waals surface area contributed by atoms with E-state index in [9.17, 15) is 20.0 Å². The molecule has 22 heavy (non-hydrogen) atoms. The number of halogens is 1. The molecule has 0 aliphatic rings. The average molecular weight is 325 g/mol. The summed E-state index contributed by atoms with van der Waals surface area (Å²) >= 11 is 5.76. The molecule has 0 atom stereocenters. The van der Waals surface area contributed by atoms with Crippen LogP contribution in [0, 0.1) is 10.1 Å². The Bertz CT molecular complexity index is 744. The summed E-state index contributed by atoms with van der Waals surface area (Å²) in [5, 5.41) is 27.5. The Balaban J connectivity index is 1.93. The van der Waals surface area contributed by atoms with E-state index in [1.54, 1.807) is 0 Å². The highest BCUT2D eigenvalue weighted by Crippen LogP contribution is 2.19. The molecule has 0 bridgehead atoms. The van der Waals surface area contributed by atoms with Crippen LogP contribution in [0.1, 0.15) is 5.56 Å². The second-order valence-electron chi connectivity index (χ2n) is 4.00. The number of nitrogens with one attached hydrogen (secondary N) is 1. The van der Waals surface area contributed by atoms with Gasteiger partial charge < -0.3 is 15.2 Å². The molecule has 2 aromatic rings. The van der Waals surface area contributed by atoms with E-state index in [1.807, 2.05) is 0 Å². The molecule has 0 aliphatic carbocycles. The minimum Gasteiger partial charge on any atom is -0.507 e. The summed E-state index contributed by atoms with van der Waals surface area (Å²) in [5.74, 6) is -1.22. The Morgan fingerprint density at radius 1 is 1.59 bits per heavy atom. The quantitative estimate of drug-likeness (QED) is 0.472. The van der Waals surface area contributed by atoms with E-state index in [2.05, 4.69) is 20.6 Å². The maximum atomic E-state index is 11.6. The summed E-state index contributed by atoms with van der Waals surface area (Å²) in [5.41, 5.74) is 2.51. The van der Waals surface area contributed by atoms with Crippen molar-refractivity contribution in [3.8, 4) is 5.75 Å². The van der Waals surface area contributed by atoms with Crippen molar-refractivity contribution in [2.24, 2.45) is 5.10 Å². The molecule has 2 rings (SSSR count). The molecule has 1 heterocycles. The monoisotopic (exact) mass is 324 g/mol. The predicted octanol–water partition coefficient (Wildman–Crippen LogP) is 0.696.